The van der Waals surface area contributed by atoms with Crippen molar-refractivity contribution in [1.29, 1.82) is 0 Å². The SMILES string of the molecule is Cl.Cl.O=P(O)(O)O.O=P(O)(O)O. The van der Waals surface area contributed by atoms with E-state index in [1.165, 1.54) is 0 Å². The highest BCUT2D eigenvalue weighted by Gasteiger charge is 2.00. The van der Waals surface area contributed by atoms with Crippen LogP contribution in [-0.2, 0) is 9.13 Å². The summed E-state index contributed by atoms with van der Waals surface area (Å²) in [4.78, 5) is 43.1. The summed E-state index contributed by atoms with van der Waals surface area (Å²) in [6.07, 6.45) is 0. The van der Waals surface area contributed by atoms with Crippen molar-refractivity contribution in [3.8, 4) is 0 Å². The number of rotatable bonds is 0. The molecule has 0 bridgehead atoms. The Morgan fingerprint density at radius 1 is 0.583 bits per heavy atom. The molecule has 0 aromatic rings. The lowest BCUT2D eigenvalue weighted by Gasteiger charge is -1.82. The van der Waals surface area contributed by atoms with E-state index in [0.717, 1.165) is 0 Å². The van der Waals surface area contributed by atoms with Gasteiger partial charge in [0.2, 0.25) is 0 Å². The second-order valence-corrected chi connectivity index (χ2v) is 3.08. The fourth-order valence-electron chi connectivity index (χ4n) is 0. The Hall–Kier alpha value is 0.800. The van der Waals surface area contributed by atoms with Gasteiger partial charge in [-0.25, -0.2) is 9.13 Å². The normalized spacial score (nSPS) is 9.83. The molecule has 0 aliphatic rings. The summed E-state index contributed by atoms with van der Waals surface area (Å²) in [5.74, 6) is 0. The van der Waals surface area contributed by atoms with Gasteiger partial charge in [-0.1, -0.05) is 0 Å². The fourth-order valence-corrected chi connectivity index (χ4v) is 0. The lowest BCUT2D eigenvalue weighted by Crippen LogP contribution is -1.66. The van der Waals surface area contributed by atoms with Crippen LogP contribution in [0, 0.1) is 0 Å². The fraction of sp³-hybridized carbons (Fsp3) is 0. The number of hydrogen-bond acceptors (Lipinski definition) is 2. The van der Waals surface area contributed by atoms with E-state index < -0.39 is 15.6 Å². The maximum Gasteiger partial charge on any atom is 0.466 e. The average Bonchev–Trinajstić information content (AvgIpc) is 1.12. The Morgan fingerprint density at radius 2 is 0.583 bits per heavy atom. The Morgan fingerprint density at radius 3 is 0.583 bits per heavy atom. The van der Waals surface area contributed by atoms with Crippen molar-refractivity contribution in [2.45, 2.75) is 0 Å². The number of hydrogen-bond donors (Lipinski definition) is 6. The van der Waals surface area contributed by atoms with E-state index in [1.807, 2.05) is 0 Å². The van der Waals surface area contributed by atoms with Crippen molar-refractivity contribution in [2.24, 2.45) is 0 Å². The Bertz CT molecular complexity index is 127. The topological polar surface area (TPSA) is 156 Å². The first-order chi connectivity index (χ1) is 4.00. The summed E-state index contributed by atoms with van der Waals surface area (Å²) < 4.78 is 17.8. The van der Waals surface area contributed by atoms with Crippen molar-refractivity contribution in [2.75, 3.05) is 0 Å². The molecule has 0 fully saturated rings. The van der Waals surface area contributed by atoms with Crippen LogP contribution in [0.25, 0.3) is 0 Å². The molecule has 0 saturated carbocycles. The Kier molecular flexibility index (Phi) is 16.1. The zero-order chi connectivity index (χ0) is 9.00. The van der Waals surface area contributed by atoms with Crippen LogP contribution in [0.1, 0.15) is 0 Å². The molecule has 0 amide bonds. The van der Waals surface area contributed by atoms with Crippen molar-refractivity contribution in [3.63, 3.8) is 0 Å². The van der Waals surface area contributed by atoms with Gasteiger partial charge in [-0.3, -0.25) is 0 Å². The van der Waals surface area contributed by atoms with E-state index in [4.69, 9.17) is 38.5 Å². The monoisotopic (exact) mass is 268 g/mol. The van der Waals surface area contributed by atoms with Crippen LogP contribution in [0.5, 0.6) is 0 Å². The lowest BCUT2D eigenvalue weighted by atomic mass is 15.8. The van der Waals surface area contributed by atoms with E-state index in [1.54, 1.807) is 0 Å². The van der Waals surface area contributed by atoms with Gasteiger partial charge >= 0.3 is 15.6 Å². The van der Waals surface area contributed by atoms with Gasteiger partial charge in [-0.15, -0.1) is 24.8 Å². The molecule has 0 atom stereocenters. The van der Waals surface area contributed by atoms with Gasteiger partial charge in [-0.05, 0) is 0 Å². The van der Waals surface area contributed by atoms with Crippen LogP contribution in [0.15, 0.2) is 0 Å². The van der Waals surface area contributed by atoms with Gasteiger partial charge in [0, 0.05) is 0 Å². The summed E-state index contributed by atoms with van der Waals surface area (Å²) >= 11 is 0. The molecule has 0 radical (unpaired) electrons. The zero-order valence-electron chi connectivity index (χ0n) is 5.21. The standard InChI is InChI=1S/2ClH.2H3O4P/c;;2*1-5(2,3)4/h2*1H;2*(H3,1,2,3,4). The molecule has 80 valence electrons. The molecule has 0 rings (SSSR count). The minimum absolute atomic E-state index is 0. The minimum atomic E-state index is -4.64. The first-order valence-electron chi connectivity index (χ1n) is 1.57. The van der Waals surface area contributed by atoms with Crippen LogP contribution >= 0.6 is 40.5 Å². The smallest absolute Gasteiger partial charge is 0.303 e. The van der Waals surface area contributed by atoms with Gasteiger partial charge in [0.1, 0.15) is 0 Å². The molecular weight excluding hydrogens is 261 g/mol. The predicted molar refractivity (Wildman–Crippen MR) is 43.0 cm³/mol. The van der Waals surface area contributed by atoms with E-state index in [0.29, 0.717) is 0 Å². The van der Waals surface area contributed by atoms with E-state index in [2.05, 4.69) is 0 Å². The summed E-state index contributed by atoms with van der Waals surface area (Å²) in [6.45, 7) is 0. The quantitative estimate of drug-likeness (QED) is 0.305. The summed E-state index contributed by atoms with van der Waals surface area (Å²) in [5, 5.41) is 0. The highest BCUT2D eigenvalue weighted by atomic mass is 35.5. The molecule has 0 heterocycles. The van der Waals surface area contributed by atoms with Crippen molar-refractivity contribution >= 4 is 40.5 Å². The third kappa shape index (κ3) is 1620. The summed E-state index contributed by atoms with van der Waals surface area (Å²) in [7, 11) is -9.28. The first-order valence-corrected chi connectivity index (χ1v) is 4.70. The molecule has 8 nitrogen and oxygen atoms in total. The predicted octanol–water partition coefficient (Wildman–Crippen LogP) is -1.01. The van der Waals surface area contributed by atoms with Gasteiger partial charge in [-0.2, -0.15) is 0 Å². The third-order valence-corrected chi connectivity index (χ3v) is 0. The average molecular weight is 269 g/mol. The van der Waals surface area contributed by atoms with Crippen LogP contribution in [-0.4, -0.2) is 29.4 Å². The van der Waals surface area contributed by atoms with E-state index >= 15 is 0 Å². The number of phosphoric acid groups is 2. The number of halogens is 2. The Balaban J connectivity index is -0.0000000457. The molecular formula is H8Cl2O8P2. The molecule has 0 aromatic heterocycles. The van der Waals surface area contributed by atoms with E-state index in [-0.39, 0.29) is 24.8 Å². The van der Waals surface area contributed by atoms with E-state index in [9.17, 15) is 0 Å². The van der Waals surface area contributed by atoms with Crippen LogP contribution in [0.2, 0.25) is 0 Å². The van der Waals surface area contributed by atoms with Gasteiger partial charge in [0.25, 0.3) is 0 Å². The molecule has 0 aliphatic heterocycles. The van der Waals surface area contributed by atoms with Crippen LogP contribution in [0.3, 0.4) is 0 Å². The summed E-state index contributed by atoms with van der Waals surface area (Å²) in [5.41, 5.74) is 0. The molecule has 0 saturated heterocycles. The molecule has 0 spiro atoms. The molecule has 0 aromatic carbocycles. The third-order valence-electron chi connectivity index (χ3n) is 0. The maximum atomic E-state index is 8.88. The molecule has 12 heavy (non-hydrogen) atoms. The molecule has 0 aliphatic carbocycles. The van der Waals surface area contributed by atoms with Crippen LogP contribution in [0.4, 0.5) is 0 Å². The van der Waals surface area contributed by atoms with Crippen molar-refractivity contribution in [3.05, 3.63) is 0 Å². The minimum Gasteiger partial charge on any atom is -0.303 e. The largest absolute Gasteiger partial charge is 0.466 e. The second-order valence-electron chi connectivity index (χ2n) is 1.03. The Labute approximate surface area is 79.6 Å². The van der Waals surface area contributed by atoms with Crippen LogP contribution < -0.4 is 0 Å². The first kappa shape index (κ1) is 23.0. The van der Waals surface area contributed by atoms with Crippen molar-refractivity contribution in [1.82, 2.24) is 0 Å². The molecule has 12 heteroatoms. The maximum absolute atomic E-state index is 8.88. The zero-order valence-corrected chi connectivity index (χ0v) is 8.63. The second kappa shape index (κ2) is 8.40. The summed E-state index contributed by atoms with van der Waals surface area (Å²) in [6, 6.07) is 0. The van der Waals surface area contributed by atoms with Gasteiger partial charge in [0.05, 0.1) is 0 Å². The molecule has 6 N–H and O–H groups in total. The van der Waals surface area contributed by atoms with Gasteiger partial charge in [0.15, 0.2) is 0 Å². The highest BCUT2D eigenvalue weighted by molar-refractivity contribution is 7.45. The lowest BCUT2D eigenvalue weighted by molar-refractivity contribution is 0.272. The highest BCUT2D eigenvalue weighted by Crippen LogP contribution is 2.26. The molecule has 0 unspecified atom stereocenters. The van der Waals surface area contributed by atoms with Gasteiger partial charge < -0.3 is 29.4 Å². The van der Waals surface area contributed by atoms with Crippen molar-refractivity contribution < 1.29 is 38.5 Å².